The van der Waals surface area contributed by atoms with Crippen molar-refractivity contribution in [3.05, 3.63) is 11.6 Å². The van der Waals surface area contributed by atoms with Crippen LogP contribution in [0.2, 0.25) is 0 Å². The molecule has 0 bridgehead atoms. The standard InChI is InChI=1S/C13H26/c1-5-7-8-9-10-13(6-2)11-12(3)4/h11,13H,5-10H2,1-4H3. The van der Waals surface area contributed by atoms with E-state index >= 15 is 0 Å². The molecule has 1 unspecified atom stereocenters. The third-order valence-electron chi connectivity index (χ3n) is 2.52. The molecule has 0 aliphatic rings. The largest absolute Gasteiger partial charge is 0.0828 e. The second kappa shape index (κ2) is 8.34. The number of rotatable bonds is 7. The molecule has 0 heteroatoms. The lowest BCUT2D eigenvalue weighted by Crippen LogP contribution is -1.95. The van der Waals surface area contributed by atoms with Crippen molar-refractivity contribution in [1.29, 1.82) is 0 Å². The first-order valence-corrected chi connectivity index (χ1v) is 5.85. The highest BCUT2D eigenvalue weighted by atomic mass is 14.1. The summed E-state index contributed by atoms with van der Waals surface area (Å²) in [4.78, 5) is 0. The van der Waals surface area contributed by atoms with E-state index in [1.807, 2.05) is 0 Å². The van der Waals surface area contributed by atoms with Crippen molar-refractivity contribution >= 4 is 0 Å². The summed E-state index contributed by atoms with van der Waals surface area (Å²) in [5.41, 5.74) is 1.47. The summed E-state index contributed by atoms with van der Waals surface area (Å²) in [5, 5.41) is 0. The van der Waals surface area contributed by atoms with Gasteiger partial charge in [-0.2, -0.15) is 0 Å². The first kappa shape index (κ1) is 12.7. The molecule has 0 amide bonds. The van der Waals surface area contributed by atoms with E-state index in [0.717, 1.165) is 5.92 Å². The van der Waals surface area contributed by atoms with E-state index < -0.39 is 0 Å². The molecular weight excluding hydrogens is 156 g/mol. The Morgan fingerprint density at radius 3 is 2.23 bits per heavy atom. The van der Waals surface area contributed by atoms with Crippen molar-refractivity contribution in [2.45, 2.75) is 66.2 Å². The maximum absolute atomic E-state index is 2.44. The summed E-state index contributed by atoms with van der Waals surface area (Å²) in [6.07, 6.45) is 10.7. The van der Waals surface area contributed by atoms with Gasteiger partial charge in [-0.3, -0.25) is 0 Å². The molecule has 0 nitrogen and oxygen atoms in total. The quantitative estimate of drug-likeness (QED) is 0.386. The predicted octanol–water partition coefficient (Wildman–Crippen LogP) is 4.95. The van der Waals surface area contributed by atoms with Gasteiger partial charge < -0.3 is 0 Å². The molecule has 0 rings (SSSR count). The second-order valence-corrected chi connectivity index (χ2v) is 4.26. The van der Waals surface area contributed by atoms with E-state index in [4.69, 9.17) is 0 Å². The molecule has 0 fully saturated rings. The minimum atomic E-state index is 0.835. The van der Waals surface area contributed by atoms with Crippen molar-refractivity contribution in [1.82, 2.24) is 0 Å². The van der Waals surface area contributed by atoms with Crippen LogP contribution >= 0.6 is 0 Å². The average Bonchev–Trinajstić information content (AvgIpc) is 2.09. The molecule has 0 aromatic rings. The molecule has 0 heterocycles. The Morgan fingerprint density at radius 1 is 1.08 bits per heavy atom. The highest BCUT2D eigenvalue weighted by Crippen LogP contribution is 2.16. The molecule has 0 aromatic heterocycles. The van der Waals surface area contributed by atoms with Gasteiger partial charge in [-0.05, 0) is 32.6 Å². The minimum absolute atomic E-state index is 0.835. The fourth-order valence-electron chi connectivity index (χ4n) is 1.71. The van der Waals surface area contributed by atoms with Gasteiger partial charge in [0, 0.05) is 0 Å². The van der Waals surface area contributed by atoms with Crippen molar-refractivity contribution in [2.24, 2.45) is 5.92 Å². The Balaban J connectivity index is 3.54. The molecule has 0 N–H and O–H groups in total. The Bertz CT molecular complexity index is 129. The minimum Gasteiger partial charge on any atom is -0.0828 e. The van der Waals surface area contributed by atoms with E-state index in [0.29, 0.717) is 0 Å². The van der Waals surface area contributed by atoms with Gasteiger partial charge in [0.25, 0.3) is 0 Å². The fraction of sp³-hybridized carbons (Fsp3) is 0.846. The highest BCUT2D eigenvalue weighted by Gasteiger charge is 2.01. The van der Waals surface area contributed by atoms with Crippen LogP contribution in [0.1, 0.15) is 66.2 Å². The van der Waals surface area contributed by atoms with Crippen LogP contribution in [0.15, 0.2) is 11.6 Å². The molecule has 0 saturated heterocycles. The average molecular weight is 182 g/mol. The SMILES string of the molecule is CCCCCCC(C=C(C)C)CC. The lowest BCUT2D eigenvalue weighted by Gasteiger charge is -2.10. The van der Waals surface area contributed by atoms with Gasteiger partial charge in [0.2, 0.25) is 0 Å². The number of hydrogen-bond acceptors (Lipinski definition) is 0. The predicted molar refractivity (Wildman–Crippen MR) is 62.0 cm³/mol. The highest BCUT2D eigenvalue weighted by molar-refractivity contribution is 4.96. The molecule has 0 radical (unpaired) electrons. The smallest absolute Gasteiger partial charge is 0.0234 e. The maximum Gasteiger partial charge on any atom is -0.0234 e. The summed E-state index contributed by atoms with van der Waals surface area (Å²) >= 11 is 0. The van der Waals surface area contributed by atoms with Crippen LogP contribution in [0.3, 0.4) is 0 Å². The Morgan fingerprint density at radius 2 is 1.77 bits per heavy atom. The molecule has 0 aromatic carbocycles. The van der Waals surface area contributed by atoms with Crippen LogP contribution in [0, 0.1) is 5.92 Å². The number of unbranched alkanes of at least 4 members (excludes halogenated alkanes) is 3. The Kier molecular flexibility index (Phi) is 8.18. The van der Waals surface area contributed by atoms with Crippen LogP contribution in [0.4, 0.5) is 0 Å². The zero-order chi connectivity index (χ0) is 10.1. The van der Waals surface area contributed by atoms with Gasteiger partial charge >= 0.3 is 0 Å². The van der Waals surface area contributed by atoms with E-state index in [9.17, 15) is 0 Å². The van der Waals surface area contributed by atoms with Gasteiger partial charge in [-0.1, -0.05) is 51.2 Å². The van der Waals surface area contributed by atoms with Gasteiger partial charge in [0.1, 0.15) is 0 Å². The first-order chi connectivity index (χ1) is 6.20. The maximum atomic E-state index is 2.44. The van der Waals surface area contributed by atoms with Gasteiger partial charge in [-0.15, -0.1) is 0 Å². The number of allylic oxidation sites excluding steroid dienone is 2. The molecule has 1 atom stereocenters. The third-order valence-corrected chi connectivity index (χ3v) is 2.52. The first-order valence-electron chi connectivity index (χ1n) is 5.85. The van der Waals surface area contributed by atoms with Gasteiger partial charge in [0.05, 0.1) is 0 Å². The molecule has 78 valence electrons. The fourth-order valence-corrected chi connectivity index (χ4v) is 1.71. The summed E-state index contributed by atoms with van der Waals surface area (Å²) < 4.78 is 0. The second-order valence-electron chi connectivity index (χ2n) is 4.26. The van der Waals surface area contributed by atoms with Crippen LogP contribution in [0.5, 0.6) is 0 Å². The van der Waals surface area contributed by atoms with Crippen molar-refractivity contribution in [2.75, 3.05) is 0 Å². The molecule has 13 heavy (non-hydrogen) atoms. The van der Waals surface area contributed by atoms with Crippen LogP contribution in [-0.2, 0) is 0 Å². The third kappa shape index (κ3) is 8.08. The monoisotopic (exact) mass is 182 g/mol. The van der Waals surface area contributed by atoms with Gasteiger partial charge in [-0.25, -0.2) is 0 Å². The normalized spacial score (nSPS) is 12.6. The lowest BCUT2D eigenvalue weighted by atomic mass is 9.96. The summed E-state index contributed by atoms with van der Waals surface area (Å²) in [6.45, 7) is 8.97. The molecular formula is C13H26. The van der Waals surface area contributed by atoms with E-state index in [1.165, 1.54) is 44.1 Å². The Hall–Kier alpha value is -0.260. The topological polar surface area (TPSA) is 0 Å². The Labute approximate surface area is 84.4 Å². The van der Waals surface area contributed by atoms with Gasteiger partial charge in [0.15, 0.2) is 0 Å². The van der Waals surface area contributed by atoms with E-state index in [1.54, 1.807) is 0 Å². The lowest BCUT2D eigenvalue weighted by molar-refractivity contribution is 0.516. The van der Waals surface area contributed by atoms with Crippen LogP contribution < -0.4 is 0 Å². The zero-order valence-corrected chi connectivity index (χ0v) is 9.90. The van der Waals surface area contributed by atoms with E-state index in [-0.39, 0.29) is 0 Å². The molecule has 0 aliphatic carbocycles. The molecule has 0 saturated carbocycles. The summed E-state index contributed by atoms with van der Waals surface area (Å²) in [6, 6.07) is 0. The van der Waals surface area contributed by atoms with Crippen LogP contribution in [-0.4, -0.2) is 0 Å². The van der Waals surface area contributed by atoms with E-state index in [2.05, 4.69) is 33.8 Å². The number of hydrogen-bond donors (Lipinski definition) is 0. The van der Waals surface area contributed by atoms with Crippen molar-refractivity contribution < 1.29 is 0 Å². The summed E-state index contributed by atoms with van der Waals surface area (Å²) in [5.74, 6) is 0.835. The molecule has 0 spiro atoms. The van der Waals surface area contributed by atoms with Crippen LogP contribution in [0.25, 0.3) is 0 Å². The summed E-state index contributed by atoms with van der Waals surface area (Å²) in [7, 11) is 0. The molecule has 0 aliphatic heterocycles. The van der Waals surface area contributed by atoms with Crippen molar-refractivity contribution in [3.8, 4) is 0 Å². The zero-order valence-electron chi connectivity index (χ0n) is 9.90. The van der Waals surface area contributed by atoms with Crippen molar-refractivity contribution in [3.63, 3.8) is 0 Å².